The molecule has 2 aromatic carbocycles. The number of benzene rings is 2. The lowest BCUT2D eigenvalue weighted by molar-refractivity contribution is 0.103. The van der Waals surface area contributed by atoms with Crippen LogP contribution in [-0.2, 0) is 0 Å². The van der Waals surface area contributed by atoms with Gasteiger partial charge in [0, 0.05) is 25.2 Å². The summed E-state index contributed by atoms with van der Waals surface area (Å²) in [4.78, 5) is 12.2. The van der Waals surface area contributed by atoms with E-state index in [9.17, 15) is 9.90 Å². The molecule has 5 heteroatoms. The predicted octanol–water partition coefficient (Wildman–Crippen LogP) is 3.18. The van der Waals surface area contributed by atoms with Crippen molar-refractivity contribution >= 4 is 11.5 Å². The zero-order chi connectivity index (χ0) is 14.5. The Hall–Kier alpha value is -2.69. The topological polar surface area (TPSA) is 65.3 Å². The van der Waals surface area contributed by atoms with Gasteiger partial charge < -0.3 is 5.11 Å². The lowest BCUT2D eigenvalue weighted by atomic mass is 10.0. The zero-order valence-corrected chi connectivity index (χ0v) is 11.3. The third-order valence-electron chi connectivity index (χ3n) is 2.58. The first-order valence-corrected chi connectivity index (χ1v) is 6.09. The molecule has 0 unspecified atom stereocenters. The van der Waals surface area contributed by atoms with E-state index >= 15 is 0 Å². The Morgan fingerprint density at radius 1 is 1.05 bits per heavy atom. The second-order valence-electron chi connectivity index (χ2n) is 4.46. The van der Waals surface area contributed by atoms with Crippen LogP contribution in [0.2, 0.25) is 0 Å². The van der Waals surface area contributed by atoms with Gasteiger partial charge in [0.1, 0.15) is 5.75 Å². The summed E-state index contributed by atoms with van der Waals surface area (Å²) < 4.78 is 0. The summed E-state index contributed by atoms with van der Waals surface area (Å²) in [6.07, 6.45) is 0. The Labute approximate surface area is 117 Å². The Balaban J connectivity index is 2.20. The van der Waals surface area contributed by atoms with Crippen LogP contribution in [0, 0.1) is 0 Å². The molecule has 0 aromatic heterocycles. The largest absolute Gasteiger partial charge is 0.508 e. The molecule has 2 aromatic rings. The molecule has 0 aliphatic rings. The first kappa shape index (κ1) is 13.7. The van der Waals surface area contributed by atoms with E-state index in [4.69, 9.17) is 0 Å². The number of phenols is 1. The van der Waals surface area contributed by atoms with Gasteiger partial charge in [0.05, 0.1) is 5.69 Å². The summed E-state index contributed by atoms with van der Waals surface area (Å²) in [6, 6.07) is 13.1. The molecule has 0 bridgehead atoms. The van der Waals surface area contributed by atoms with Crippen molar-refractivity contribution in [2.45, 2.75) is 0 Å². The molecular formula is C15H15N3O2. The highest BCUT2D eigenvalue weighted by Gasteiger charge is 2.09. The Morgan fingerprint density at radius 2 is 1.75 bits per heavy atom. The first-order chi connectivity index (χ1) is 9.56. The number of ketones is 1. The van der Waals surface area contributed by atoms with Gasteiger partial charge in [-0.1, -0.05) is 17.4 Å². The summed E-state index contributed by atoms with van der Waals surface area (Å²) >= 11 is 0. The molecule has 0 atom stereocenters. The standard InChI is InChI=1S/C15H15N3O2/c1-18(2)17-16-13-8-6-11(7-9-13)15(20)12-4-3-5-14(19)10-12/h3-10,19H,1-2H3. The van der Waals surface area contributed by atoms with Crippen molar-refractivity contribution < 1.29 is 9.90 Å². The third-order valence-corrected chi connectivity index (χ3v) is 2.58. The number of hydrogen-bond acceptors (Lipinski definition) is 4. The van der Waals surface area contributed by atoms with Gasteiger partial charge in [0.2, 0.25) is 0 Å². The van der Waals surface area contributed by atoms with Crippen LogP contribution in [0.1, 0.15) is 15.9 Å². The highest BCUT2D eigenvalue weighted by Crippen LogP contribution is 2.18. The van der Waals surface area contributed by atoms with Crippen LogP contribution in [0.4, 0.5) is 5.69 Å². The van der Waals surface area contributed by atoms with Gasteiger partial charge in [0.15, 0.2) is 5.78 Å². The molecule has 0 saturated heterocycles. The number of aromatic hydroxyl groups is 1. The quantitative estimate of drug-likeness (QED) is 0.526. The normalized spacial score (nSPS) is 10.7. The lowest BCUT2D eigenvalue weighted by Crippen LogP contribution is -2.00. The minimum absolute atomic E-state index is 0.0762. The molecule has 0 heterocycles. The van der Waals surface area contributed by atoms with E-state index in [-0.39, 0.29) is 11.5 Å². The summed E-state index contributed by atoms with van der Waals surface area (Å²) in [6.45, 7) is 0. The van der Waals surface area contributed by atoms with E-state index in [0.29, 0.717) is 16.8 Å². The van der Waals surface area contributed by atoms with E-state index in [2.05, 4.69) is 10.3 Å². The van der Waals surface area contributed by atoms with Crippen molar-refractivity contribution in [3.63, 3.8) is 0 Å². The molecule has 20 heavy (non-hydrogen) atoms. The molecule has 0 aliphatic heterocycles. The number of carbonyl (C=O) groups is 1. The van der Waals surface area contributed by atoms with Gasteiger partial charge in [0.25, 0.3) is 0 Å². The van der Waals surface area contributed by atoms with Gasteiger partial charge in [-0.25, -0.2) is 0 Å². The van der Waals surface area contributed by atoms with Gasteiger partial charge >= 0.3 is 0 Å². The average Bonchev–Trinajstić information content (AvgIpc) is 2.45. The number of carbonyl (C=O) groups excluding carboxylic acids is 1. The lowest BCUT2D eigenvalue weighted by Gasteiger charge is -2.03. The van der Waals surface area contributed by atoms with E-state index in [1.165, 1.54) is 12.1 Å². The van der Waals surface area contributed by atoms with Crippen LogP contribution in [0.3, 0.4) is 0 Å². The third kappa shape index (κ3) is 3.41. The van der Waals surface area contributed by atoms with Crippen LogP contribution in [0.5, 0.6) is 5.75 Å². The minimum Gasteiger partial charge on any atom is -0.508 e. The number of hydrogen-bond donors (Lipinski definition) is 1. The minimum atomic E-state index is -0.142. The van der Waals surface area contributed by atoms with Gasteiger partial charge in [-0.3, -0.25) is 9.80 Å². The maximum atomic E-state index is 12.2. The first-order valence-electron chi connectivity index (χ1n) is 6.09. The Kier molecular flexibility index (Phi) is 4.10. The molecule has 102 valence electrons. The average molecular weight is 269 g/mol. The van der Waals surface area contributed by atoms with Crippen LogP contribution in [0.25, 0.3) is 0 Å². The maximum absolute atomic E-state index is 12.2. The fourth-order valence-electron chi connectivity index (χ4n) is 1.63. The fourth-order valence-corrected chi connectivity index (χ4v) is 1.63. The molecule has 0 aliphatic carbocycles. The highest BCUT2D eigenvalue weighted by molar-refractivity contribution is 6.09. The molecule has 0 radical (unpaired) electrons. The van der Waals surface area contributed by atoms with E-state index in [1.807, 2.05) is 0 Å². The molecular weight excluding hydrogens is 254 g/mol. The van der Waals surface area contributed by atoms with E-state index in [0.717, 1.165) is 0 Å². The molecule has 5 nitrogen and oxygen atoms in total. The number of rotatable bonds is 4. The van der Waals surface area contributed by atoms with E-state index in [1.54, 1.807) is 55.5 Å². The van der Waals surface area contributed by atoms with Crippen molar-refractivity contribution in [2.75, 3.05) is 14.1 Å². The van der Waals surface area contributed by atoms with Crippen molar-refractivity contribution in [3.05, 3.63) is 59.7 Å². The van der Waals surface area contributed by atoms with Crippen LogP contribution >= 0.6 is 0 Å². The van der Waals surface area contributed by atoms with Crippen LogP contribution in [-0.4, -0.2) is 30.0 Å². The zero-order valence-electron chi connectivity index (χ0n) is 11.3. The van der Waals surface area contributed by atoms with Crippen LogP contribution < -0.4 is 0 Å². The molecule has 2 rings (SSSR count). The van der Waals surface area contributed by atoms with Crippen molar-refractivity contribution in [1.82, 2.24) is 5.01 Å². The summed E-state index contributed by atoms with van der Waals surface area (Å²) in [7, 11) is 3.56. The second-order valence-corrected chi connectivity index (χ2v) is 4.46. The smallest absolute Gasteiger partial charge is 0.193 e. The number of nitrogens with zero attached hydrogens (tertiary/aromatic N) is 3. The molecule has 0 amide bonds. The SMILES string of the molecule is CN(C)N=Nc1ccc(C(=O)c2cccc(O)c2)cc1. The van der Waals surface area contributed by atoms with Gasteiger partial charge in [-0.2, -0.15) is 0 Å². The number of phenolic OH excluding ortho intramolecular Hbond substituents is 1. The fraction of sp³-hybridized carbons (Fsp3) is 0.133. The highest BCUT2D eigenvalue weighted by atomic mass is 16.3. The van der Waals surface area contributed by atoms with Crippen molar-refractivity contribution in [2.24, 2.45) is 10.3 Å². The molecule has 0 spiro atoms. The monoisotopic (exact) mass is 269 g/mol. The summed E-state index contributed by atoms with van der Waals surface area (Å²) in [5.41, 5.74) is 1.67. The van der Waals surface area contributed by atoms with Gasteiger partial charge in [-0.15, -0.1) is 5.11 Å². The molecule has 0 saturated carbocycles. The Bertz CT molecular complexity index is 634. The predicted molar refractivity (Wildman–Crippen MR) is 76.2 cm³/mol. The van der Waals surface area contributed by atoms with Crippen molar-refractivity contribution in [1.29, 1.82) is 0 Å². The molecule has 1 N–H and O–H groups in total. The second kappa shape index (κ2) is 5.97. The summed E-state index contributed by atoms with van der Waals surface area (Å²) in [5, 5.41) is 18.9. The summed E-state index contributed by atoms with van der Waals surface area (Å²) in [5.74, 6) is -0.0655. The van der Waals surface area contributed by atoms with Crippen molar-refractivity contribution in [3.8, 4) is 5.75 Å². The van der Waals surface area contributed by atoms with E-state index < -0.39 is 0 Å². The Morgan fingerprint density at radius 3 is 2.35 bits per heavy atom. The van der Waals surface area contributed by atoms with Crippen LogP contribution in [0.15, 0.2) is 58.9 Å². The molecule has 0 fully saturated rings. The maximum Gasteiger partial charge on any atom is 0.193 e. The van der Waals surface area contributed by atoms with Gasteiger partial charge in [-0.05, 0) is 36.4 Å².